The molecule has 9 heteroatoms. The van der Waals surface area contributed by atoms with E-state index in [1.54, 1.807) is 0 Å². The van der Waals surface area contributed by atoms with Crippen LogP contribution >= 0.6 is 0 Å². The van der Waals surface area contributed by atoms with Gasteiger partial charge in [-0.05, 0) is 12.1 Å². The van der Waals surface area contributed by atoms with Crippen molar-refractivity contribution in [3.63, 3.8) is 0 Å². The molecule has 0 aliphatic heterocycles. The van der Waals surface area contributed by atoms with Gasteiger partial charge in [-0.25, -0.2) is 9.07 Å². The van der Waals surface area contributed by atoms with E-state index in [4.69, 9.17) is 11.5 Å². The molecule has 0 atom stereocenters. The summed E-state index contributed by atoms with van der Waals surface area (Å²) in [6.07, 6.45) is -3.46. The molecule has 0 spiro atoms. The van der Waals surface area contributed by atoms with E-state index < -0.39 is 23.5 Å². The van der Waals surface area contributed by atoms with Gasteiger partial charge in [0.2, 0.25) is 0 Å². The van der Waals surface area contributed by atoms with Crippen molar-refractivity contribution in [2.75, 3.05) is 5.73 Å². The maximum atomic E-state index is 13.7. The number of halogens is 4. The van der Waals surface area contributed by atoms with Crippen molar-refractivity contribution in [3.8, 4) is 5.69 Å². The third-order valence-electron chi connectivity index (χ3n) is 2.54. The molecular weight excluding hydrogens is 280 g/mol. The summed E-state index contributed by atoms with van der Waals surface area (Å²) < 4.78 is 51.7. The van der Waals surface area contributed by atoms with Gasteiger partial charge in [0.25, 0.3) is 5.91 Å². The number of nitrogens with two attached hydrogens (primary N) is 2. The van der Waals surface area contributed by atoms with Crippen molar-refractivity contribution >= 4 is 11.6 Å². The van der Waals surface area contributed by atoms with E-state index in [1.165, 1.54) is 0 Å². The number of alkyl halides is 3. The summed E-state index contributed by atoms with van der Waals surface area (Å²) in [6.45, 7) is 0. The average molecular weight is 288 g/mol. The Morgan fingerprint density at radius 3 is 2.45 bits per heavy atom. The van der Waals surface area contributed by atoms with Crippen molar-refractivity contribution < 1.29 is 22.4 Å². The second kappa shape index (κ2) is 4.51. The fourth-order valence-corrected chi connectivity index (χ4v) is 1.57. The van der Waals surface area contributed by atoms with Crippen LogP contribution in [0, 0.1) is 5.82 Å². The minimum absolute atomic E-state index is 0.203. The number of hydrogen-bond acceptors (Lipinski definition) is 3. The molecule has 2 aromatic rings. The number of hydrogen-bond donors (Lipinski definition) is 2. The lowest BCUT2D eigenvalue weighted by Gasteiger charge is -2.08. The lowest BCUT2D eigenvalue weighted by atomic mass is 10.1. The zero-order valence-corrected chi connectivity index (χ0v) is 9.78. The first kappa shape index (κ1) is 13.8. The molecule has 4 N–H and O–H groups in total. The normalized spacial score (nSPS) is 11.6. The molecule has 0 unspecified atom stereocenters. The summed E-state index contributed by atoms with van der Waals surface area (Å²) in [5.41, 5.74) is 8.61. The van der Waals surface area contributed by atoms with E-state index >= 15 is 0 Å². The quantitative estimate of drug-likeness (QED) is 0.651. The number of carbonyl (C=O) groups is 1. The molecule has 5 nitrogen and oxygen atoms in total. The predicted molar refractivity (Wildman–Crippen MR) is 61.5 cm³/mol. The van der Waals surface area contributed by atoms with Crippen LogP contribution in [-0.4, -0.2) is 15.7 Å². The predicted octanol–water partition coefficient (Wildman–Crippen LogP) is 1.71. The van der Waals surface area contributed by atoms with Crippen LogP contribution < -0.4 is 11.5 Å². The lowest BCUT2D eigenvalue weighted by molar-refractivity contribution is -0.137. The Morgan fingerprint density at radius 2 is 1.95 bits per heavy atom. The van der Waals surface area contributed by atoms with Crippen LogP contribution in [0.3, 0.4) is 0 Å². The summed E-state index contributed by atoms with van der Waals surface area (Å²) in [4.78, 5) is 11.1. The van der Waals surface area contributed by atoms with Crippen LogP contribution in [0.1, 0.15) is 15.9 Å². The molecule has 0 bridgehead atoms. The molecule has 20 heavy (non-hydrogen) atoms. The first-order valence-electron chi connectivity index (χ1n) is 5.21. The van der Waals surface area contributed by atoms with Crippen LogP contribution in [0.15, 0.2) is 24.5 Å². The van der Waals surface area contributed by atoms with E-state index in [0.717, 1.165) is 12.1 Å². The SMILES string of the molecule is NC(=O)c1cc(-n2cc(C(F)(F)F)cn2)c(F)cc1N. The molecular formula is C11H8F4N4O. The van der Waals surface area contributed by atoms with E-state index in [-0.39, 0.29) is 16.9 Å². The largest absolute Gasteiger partial charge is 0.419 e. The molecule has 0 aliphatic carbocycles. The van der Waals surface area contributed by atoms with Gasteiger partial charge in [0.15, 0.2) is 5.82 Å². The van der Waals surface area contributed by atoms with Gasteiger partial charge in [0.1, 0.15) is 5.69 Å². The average Bonchev–Trinajstić information content (AvgIpc) is 2.77. The number of nitrogen functional groups attached to an aromatic ring is 1. The van der Waals surface area contributed by atoms with Gasteiger partial charge >= 0.3 is 6.18 Å². The highest BCUT2D eigenvalue weighted by atomic mass is 19.4. The van der Waals surface area contributed by atoms with Gasteiger partial charge in [0, 0.05) is 11.9 Å². The number of amides is 1. The minimum Gasteiger partial charge on any atom is -0.398 e. The summed E-state index contributed by atoms with van der Waals surface area (Å²) in [5.74, 6) is -1.85. The van der Waals surface area contributed by atoms with E-state index in [9.17, 15) is 22.4 Å². The standard InChI is InChI=1S/C11H8F4N4O/c12-7-2-8(16)6(10(17)20)1-9(7)19-4-5(3-18-19)11(13,14)15/h1-4H,16H2,(H2,17,20). The number of nitrogens with zero attached hydrogens (tertiary/aromatic N) is 2. The summed E-state index contributed by atoms with van der Waals surface area (Å²) in [5, 5.41) is 3.41. The topological polar surface area (TPSA) is 86.9 Å². The van der Waals surface area contributed by atoms with Crippen molar-refractivity contribution in [3.05, 3.63) is 41.5 Å². The fourth-order valence-electron chi connectivity index (χ4n) is 1.57. The van der Waals surface area contributed by atoms with Gasteiger partial charge in [0.05, 0.1) is 17.3 Å². The second-order valence-corrected chi connectivity index (χ2v) is 3.93. The van der Waals surface area contributed by atoms with Crippen LogP contribution in [0.5, 0.6) is 0 Å². The number of carbonyl (C=O) groups excluding carboxylic acids is 1. The van der Waals surface area contributed by atoms with Crippen molar-refractivity contribution in [1.82, 2.24) is 9.78 Å². The Kier molecular flexibility index (Phi) is 3.12. The smallest absolute Gasteiger partial charge is 0.398 e. The van der Waals surface area contributed by atoms with Gasteiger partial charge in [-0.15, -0.1) is 0 Å². The zero-order chi connectivity index (χ0) is 15.1. The molecule has 0 saturated carbocycles. The Morgan fingerprint density at radius 1 is 1.30 bits per heavy atom. The molecule has 2 rings (SSSR count). The number of anilines is 1. The van der Waals surface area contributed by atoms with E-state index in [0.29, 0.717) is 17.1 Å². The highest BCUT2D eigenvalue weighted by molar-refractivity contribution is 5.98. The molecule has 1 aromatic carbocycles. The maximum Gasteiger partial charge on any atom is 0.419 e. The van der Waals surface area contributed by atoms with Crippen molar-refractivity contribution in [2.45, 2.75) is 6.18 Å². The maximum absolute atomic E-state index is 13.7. The molecule has 0 radical (unpaired) electrons. The third-order valence-corrected chi connectivity index (χ3v) is 2.54. The number of aromatic nitrogens is 2. The Labute approximate surface area is 109 Å². The lowest BCUT2D eigenvalue weighted by Crippen LogP contribution is -2.15. The fraction of sp³-hybridized carbons (Fsp3) is 0.0909. The zero-order valence-electron chi connectivity index (χ0n) is 9.78. The molecule has 1 amide bonds. The summed E-state index contributed by atoms with van der Waals surface area (Å²) in [7, 11) is 0. The molecule has 0 aliphatic rings. The van der Waals surface area contributed by atoms with Crippen molar-refractivity contribution in [1.29, 1.82) is 0 Å². The Hall–Kier alpha value is -2.58. The van der Waals surface area contributed by atoms with Crippen LogP contribution in [0.25, 0.3) is 5.69 Å². The molecule has 0 fully saturated rings. The molecule has 106 valence electrons. The minimum atomic E-state index is -4.60. The van der Waals surface area contributed by atoms with Crippen LogP contribution in [-0.2, 0) is 6.18 Å². The first-order chi connectivity index (χ1) is 9.20. The summed E-state index contributed by atoms with van der Waals surface area (Å²) >= 11 is 0. The molecule has 0 saturated heterocycles. The first-order valence-corrected chi connectivity index (χ1v) is 5.21. The third kappa shape index (κ3) is 2.42. The summed E-state index contributed by atoms with van der Waals surface area (Å²) in [6, 6.07) is 1.74. The highest BCUT2D eigenvalue weighted by Gasteiger charge is 2.32. The van der Waals surface area contributed by atoms with E-state index in [1.807, 2.05) is 0 Å². The van der Waals surface area contributed by atoms with Gasteiger partial charge in [-0.2, -0.15) is 18.3 Å². The monoisotopic (exact) mass is 288 g/mol. The van der Waals surface area contributed by atoms with Gasteiger partial charge in [-0.3, -0.25) is 4.79 Å². The van der Waals surface area contributed by atoms with Crippen molar-refractivity contribution in [2.24, 2.45) is 5.73 Å². The van der Waals surface area contributed by atoms with E-state index in [2.05, 4.69) is 5.10 Å². The molecule has 1 aromatic heterocycles. The number of primary amides is 1. The van der Waals surface area contributed by atoms with Gasteiger partial charge < -0.3 is 11.5 Å². The molecule has 1 heterocycles. The number of rotatable bonds is 2. The Bertz CT molecular complexity index is 678. The highest BCUT2D eigenvalue weighted by Crippen LogP contribution is 2.30. The van der Waals surface area contributed by atoms with Crippen LogP contribution in [0.2, 0.25) is 0 Å². The van der Waals surface area contributed by atoms with Gasteiger partial charge in [-0.1, -0.05) is 0 Å². The number of benzene rings is 1. The Balaban J connectivity index is 2.55. The second-order valence-electron chi connectivity index (χ2n) is 3.93. The van der Waals surface area contributed by atoms with Crippen LogP contribution in [0.4, 0.5) is 23.2 Å².